The Morgan fingerprint density at radius 1 is 0.476 bits per heavy atom. The van der Waals surface area contributed by atoms with E-state index in [0.717, 1.165) is 54.9 Å². The first kappa shape index (κ1) is 23.8. The zero-order valence-electron chi connectivity index (χ0n) is 22.7. The fraction of sp³-hybridized carbons (Fsp3) is 0.0256. The van der Waals surface area contributed by atoms with Gasteiger partial charge in [-0.05, 0) is 39.4 Å². The van der Waals surface area contributed by atoms with Gasteiger partial charge in [-0.25, -0.2) is 0 Å². The lowest BCUT2D eigenvalue weighted by Crippen LogP contribution is -2.28. The van der Waals surface area contributed by atoms with Crippen molar-refractivity contribution in [3.05, 3.63) is 174 Å². The van der Waals surface area contributed by atoms with Crippen LogP contribution in [0.15, 0.2) is 156 Å². The Morgan fingerprint density at radius 3 is 1.67 bits per heavy atom. The van der Waals surface area contributed by atoms with Gasteiger partial charge in [0.1, 0.15) is 16.8 Å². The van der Waals surface area contributed by atoms with E-state index in [1.165, 1.54) is 16.7 Å². The van der Waals surface area contributed by atoms with Crippen LogP contribution in [0.25, 0.3) is 33.2 Å². The summed E-state index contributed by atoms with van der Waals surface area (Å²) in [6.45, 7) is 0. The molecule has 0 fully saturated rings. The van der Waals surface area contributed by atoms with Crippen LogP contribution in [0.4, 0.5) is 0 Å². The minimum Gasteiger partial charge on any atom is -0.459 e. The van der Waals surface area contributed by atoms with Crippen molar-refractivity contribution >= 4 is 34.0 Å². The van der Waals surface area contributed by atoms with E-state index in [0.29, 0.717) is 0 Å². The maximum absolute atomic E-state index is 15.8. The van der Waals surface area contributed by atoms with Gasteiger partial charge in [0.25, 0.3) is 0 Å². The second-order valence-electron chi connectivity index (χ2n) is 11.1. The summed E-state index contributed by atoms with van der Waals surface area (Å²) in [5, 5.41) is 3.65. The van der Waals surface area contributed by atoms with Crippen LogP contribution in [0.3, 0.4) is 0 Å². The fourth-order valence-electron chi connectivity index (χ4n) is 7.54. The molecule has 2 aliphatic carbocycles. The Hall–Kier alpha value is -4.91. The highest BCUT2D eigenvalue weighted by molar-refractivity contribution is 7.85. The van der Waals surface area contributed by atoms with Crippen LogP contribution in [0, 0.1) is 0 Å². The number of rotatable bonds is 3. The summed E-state index contributed by atoms with van der Waals surface area (Å²) in [5.74, 6) is 0.947. The molecule has 1 atom stereocenters. The van der Waals surface area contributed by atoms with Crippen LogP contribution < -0.4 is 15.9 Å². The van der Waals surface area contributed by atoms with Crippen molar-refractivity contribution < 1.29 is 8.98 Å². The third-order valence-electron chi connectivity index (χ3n) is 9.16. The molecule has 7 aromatic rings. The van der Waals surface area contributed by atoms with E-state index in [1.807, 2.05) is 66.7 Å². The maximum atomic E-state index is 15.8. The molecule has 0 saturated carbocycles. The van der Waals surface area contributed by atoms with Crippen LogP contribution in [0.5, 0.6) is 0 Å². The van der Waals surface area contributed by atoms with Crippen molar-refractivity contribution in [2.75, 3.05) is 0 Å². The topological polar surface area (TPSA) is 30.2 Å². The van der Waals surface area contributed by atoms with Gasteiger partial charge in [0.2, 0.25) is 0 Å². The van der Waals surface area contributed by atoms with Gasteiger partial charge in [-0.15, -0.1) is 0 Å². The molecule has 1 aromatic heterocycles. The summed E-state index contributed by atoms with van der Waals surface area (Å²) < 4.78 is 22.7. The van der Waals surface area contributed by atoms with Crippen molar-refractivity contribution in [3.8, 4) is 22.3 Å². The van der Waals surface area contributed by atoms with E-state index in [1.54, 1.807) is 0 Å². The van der Waals surface area contributed by atoms with E-state index in [9.17, 15) is 0 Å². The monoisotopic (exact) mass is 556 g/mol. The van der Waals surface area contributed by atoms with Crippen molar-refractivity contribution in [1.82, 2.24) is 0 Å². The average molecular weight is 557 g/mol. The first-order chi connectivity index (χ1) is 20.7. The summed E-state index contributed by atoms with van der Waals surface area (Å²) in [7, 11) is -3.26. The van der Waals surface area contributed by atoms with Gasteiger partial charge in [-0.3, -0.25) is 0 Å². The number of hydrogen-bond donors (Lipinski definition) is 0. The lowest BCUT2D eigenvalue weighted by Gasteiger charge is -2.29. The predicted molar refractivity (Wildman–Crippen MR) is 172 cm³/mol. The first-order valence-electron chi connectivity index (χ1n) is 14.3. The third kappa shape index (κ3) is 2.83. The first-order valence-corrected chi connectivity index (χ1v) is 16.0. The second kappa shape index (κ2) is 8.55. The van der Waals surface area contributed by atoms with Gasteiger partial charge in [0.15, 0.2) is 7.14 Å². The Bertz CT molecular complexity index is 2190. The van der Waals surface area contributed by atoms with E-state index < -0.39 is 12.6 Å². The lowest BCUT2D eigenvalue weighted by molar-refractivity contribution is 0.507. The molecule has 1 heterocycles. The van der Waals surface area contributed by atoms with Gasteiger partial charge >= 0.3 is 0 Å². The summed E-state index contributed by atoms with van der Waals surface area (Å²) in [5.41, 5.74) is 8.25. The van der Waals surface area contributed by atoms with E-state index in [-0.39, 0.29) is 0 Å². The Balaban J connectivity index is 1.45. The molecule has 0 aliphatic heterocycles. The highest BCUT2D eigenvalue weighted by Gasteiger charge is 2.56. The summed E-state index contributed by atoms with van der Waals surface area (Å²) >= 11 is 0. The molecule has 9 rings (SSSR count). The maximum Gasteiger partial charge on any atom is 0.171 e. The molecule has 0 saturated heterocycles. The third-order valence-corrected chi connectivity index (χ3v) is 12.3. The molecule has 1 spiro atoms. The number of furan rings is 1. The second-order valence-corrected chi connectivity index (χ2v) is 13.9. The van der Waals surface area contributed by atoms with Crippen LogP contribution in [-0.2, 0) is 9.98 Å². The number of hydrogen-bond acceptors (Lipinski definition) is 2. The minimum absolute atomic E-state index is 0.648. The Kier molecular flexibility index (Phi) is 4.84. The molecule has 42 heavy (non-hydrogen) atoms. The van der Waals surface area contributed by atoms with Gasteiger partial charge in [0, 0.05) is 26.9 Å². The zero-order chi connectivity index (χ0) is 27.9. The van der Waals surface area contributed by atoms with Crippen molar-refractivity contribution in [2.45, 2.75) is 5.41 Å². The van der Waals surface area contributed by atoms with Crippen molar-refractivity contribution in [2.24, 2.45) is 0 Å². The van der Waals surface area contributed by atoms with Gasteiger partial charge in [-0.2, -0.15) is 0 Å². The molecule has 6 aromatic carbocycles. The molecule has 0 bridgehead atoms. The molecular formula is C39H25O2P. The summed E-state index contributed by atoms with van der Waals surface area (Å²) in [4.78, 5) is 0. The molecule has 198 valence electrons. The Labute approximate surface area is 244 Å². The Morgan fingerprint density at radius 2 is 1.00 bits per heavy atom. The molecule has 0 N–H and O–H groups in total. The molecule has 3 heteroatoms. The predicted octanol–water partition coefficient (Wildman–Crippen LogP) is 8.42. The summed E-state index contributed by atoms with van der Waals surface area (Å²) in [6, 6.07) is 52.0. The van der Waals surface area contributed by atoms with Gasteiger partial charge in [-0.1, -0.05) is 146 Å². The number of para-hydroxylation sites is 1. The molecule has 0 radical (unpaired) electrons. The molecule has 0 amide bonds. The highest BCUT2D eigenvalue weighted by Crippen LogP contribution is 2.65. The zero-order valence-corrected chi connectivity index (χ0v) is 23.6. The van der Waals surface area contributed by atoms with Gasteiger partial charge < -0.3 is 8.98 Å². The average Bonchev–Trinajstić information content (AvgIpc) is 3.69. The highest BCUT2D eigenvalue weighted by atomic mass is 31.2. The van der Waals surface area contributed by atoms with Crippen LogP contribution >= 0.6 is 7.14 Å². The fourth-order valence-corrected chi connectivity index (χ4v) is 10.4. The normalized spacial score (nSPS) is 16.3. The lowest BCUT2D eigenvalue weighted by atomic mass is 9.73. The molecule has 1 unspecified atom stereocenters. The molecule has 2 nitrogen and oxygen atoms in total. The van der Waals surface area contributed by atoms with Crippen molar-refractivity contribution in [1.29, 1.82) is 0 Å². The quantitative estimate of drug-likeness (QED) is 0.205. The van der Waals surface area contributed by atoms with Gasteiger partial charge in [0.05, 0.1) is 0 Å². The van der Waals surface area contributed by atoms with Crippen molar-refractivity contribution in [3.63, 3.8) is 0 Å². The van der Waals surface area contributed by atoms with E-state index >= 15 is 4.57 Å². The van der Waals surface area contributed by atoms with E-state index in [4.69, 9.17) is 4.42 Å². The van der Waals surface area contributed by atoms with Crippen LogP contribution in [0.2, 0.25) is 0 Å². The summed E-state index contributed by atoms with van der Waals surface area (Å²) in [6.07, 6.45) is 0. The van der Waals surface area contributed by atoms with E-state index in [2.05, 4.69) is 84.9 Å². The largest absolute Gasteiger partial charge is 0.459 e. The number of benzene rings is 6. The number of fused-ring (bicyclic) bond motifs is 12. The smallest absolute Gasteiger partial charge is 0.171 e. The standard InChI is InChI=1S/C39H25O2P/c40-42(26-14-3-1-4-15-26,27-16-5-2-6-17-27)35-25-13-23-33-37(35)29-19-8-11-22-32(29)39(33)31-21-10-7-18-28(31)36-30-20-9-12-24-34(30)41-38(36)39/h1-25H. The van der Waals surface area contributed by atoms with Crippen LogP contribution in [-0.4, -0.2) is 0 Å². The molecular weight excluding hydrogens is 531 g/mol. The minimum atomic E-state index is -3.26. The van der Waals surface area contributed by atoms with Crippen LogP contribution in [0.1, 0.15) is 22.5 Å². The molecule has 2 aliphatic rings. The SMILES string of the molecule is O=P(c1ccccc1)(c1ccccc1)c1cccc2c1-c1ccccc1C21c2ccccc2-c2c1oc1ccccc21.